The molecule has 1 nitrogen and oxygen atoms in total. The van der Waals surface area contributed by atoms with Gasteiger partial charge in [0.05, 0.1) is 0 Å². The van der Waals surface area contributed by atoms with E-state index in [0.29, 0.717) is 6.04 Å². The summed E-state index contributed by atoms with van der Waals surface area (Å²) in [5.74, 6) is 0.852. The van der Waals surface area contributed by atoms with Crippen LogP contribution in [0.25, 0.3) is 0 Å². The molecule has 0 amide bonds. The molecule has 0 saturated carbocycles. The fraction of sp³-hybridized carbons (Fsp3) is 0.692. The van der Waals surface area contributed by atoms with Gasteiger partial charge in [-0.15, -0.1) is 0 Å². The van der Waals surface area contributed by atoms with Crippen LogP contribution in [0.15, 0.2) is 24.8 Å². The van der Waals surface area contributed by atoms with E-state index in [1.54, 1.807) is 0 Å². The predicted molar refractivity (Wildman–Crippen MR) is 63.4 cm³/mol. The van der Waals surface area contributed by atoms with E-state index in [-0.39, 0.29) is 0 Å². The van der Waals surface area contributed by atoms with Crippen LogP contribution in [0.4, 0.5) is 0 Å². The molecule has 1 aliphatic rings. The molecule has 1 fully saturated rings. The second-order valence-electron chi connectivity index (χ2n) is 4.43. The minimum atomic E-state index is 0.694. The summed E-state index contributed by atoms with van der Waals surface area (Å²) in [5.41, 5.74) is 1.18. The first-order valence-electron chi connectivity index (χ1n) is 5.69. The Kier molecular flexibility index (Phi) is 4.40. The van der Waals surface area contributed by atoms with Gasteiger partial charge in [0.15, 0.2) is 0 Å². The Morgan fingerprint density at radius 1 is 1.57 bits per heavy atom. The molecule has 0 radical (unpaired) electrons. The van der Waals surface area contributed by atoms with Gasteiger partial charge >= 0.3 is 0 Å². The zero-order valence-electron chi connectivity index (χ0n) is 9.63. The molecule has 0 aromatic rings. The molecule has 1 rings (SSSR count). The van der Waals surface area contributed by atoms with E-state index in [2.05, 4.69) is 32.0 Å². The summed E-state index contributed by atoms with van der Waals surface area (Å²) in [4.78, 5) is 2.49. The Hall–Kier alpha value is -0.560. The first-order chi connectivity index (χ1) is 6.69. The molecule has 0 spiro atoms. The van der Waals surface area contributed by atoms with Gasteiger partial charge in [0.25, 0.3) is 0 Å². The van der Waals surface area contributed by atoms with Crippen LogP contribution in [0.3, 0.4) is 0 Å². The van der Waals surface area contributed by atoms with Crippen LogP contribution in [-0.4, -0.2) is 24.5 Å². The van der Waals surface area contributed by atoms with Crippen molar-refractivity contribution in [2.45, 2.75) is 38.6 Å². The van der Waals surface area contributed by atoms with Crippen LogP contribution in [0.1, 0.15) is 32.6 Å². The first-order valence-corrected chi connectivity index (χ1v) is 5.69. The molecule has 0 aliphatic carbocycles. The Bertz CT molecular complexity index is 207. The molecule has 0 N–H and O–H groups in total. The lowest BCUT2D eigenvalue weighted by molar-refractivity contribution is 0.118. The molecule has 1 heteroatoms. The highest BCUT2D eigenvalue weighted by Crippen LogP contribution is 2.29. The fourth-order valence-electron chi connectivity index (χ4n) is 2.47. The van der Waals surface area contributed by atoms with Gasteiger partial charge in [-0.25, -0.2) is 0 Å². The third-order valence-electron chi connectivity index (χ3n) is 3.48. The van der Waals surface area contributed by atoms with Crippen molar-refractivity contribution in [3.05, 3.63) is 24.8 Å². The number of rotatable bonds is 4. The Morgan fingerprint density at radius 2 is 2.29 bits per heavy atom. The molecule has 1 saturated heterocycles. The highest BCUT2D eigenvalue weighted by molar-refractivity contribution is 5.13. The van der Waals surface area contributed by atoms with Crippen molar-refractivity contribution >= 4 is 0 Å². The van der Waals surface area contributed by atoms with E-state index >= 15 is 0 Å². The van der Waals surface area contributed by atoms with Crippen molar-refractivity contribution in [1.82, 2.24) is 4.90 Å². The summed E-state index contributed by atoms with van der Waals surface area (Å²) < 4.78 is 0. The van der Waals surface area contributed by atoms with Crippen molar-refractivity contribution in [3.8, 4) is 0 Å². The Balaban J connectivity index is 2.59. The van der Waals surface area contributed by atoms with Gasteiger partial charge < -0.3 is 4.90 Å². The maximum atomic E-state index is 4.03. The van der Waals surface area contributed by atoms with Gasteiger partial charge in [-0.3, -0.25) is 0 Å². The summed E-state index contributed by atoms with van der Waals surface area (Å²) in [6, 6.07) is 0.694. The van der Waals surface area contributed by atoms with Gasteiger partial charge in [0.1, 0.15) is 0 Å². The molecule has 2 atom stereocenters. The van der Waals surface area contributed by atoms with E-state index in [1.165, 1.54) is 31.4 Å². The number of piperidine rings is 1. The second-order valence-corrected chi connectivity index (χ2v) is 4.43. The summed E-state index contributed by atoms with van der Waals surface area (Å²) in [6.45, 7) is 11.4. The lowest BCUT2D eigenvalue weighted by Gasteiger charge is -2.39. The van der Waals surface area contributed by atoms with E-state index in [9.17, 15) is 0 Å². The molecular formula is C13H23N. The maximum Gasteiger partial charge on any atom is 0.0160 e. The van der Waals surface area contributed by atoms with E-state index in [1.807, 2.05) is 6.08 Å². The minimum absolute atomic E-state index is 0.694. The largest absolute Gasteiger partial charge is 0.303 e. The van der Waals surface area contributed by atoms with E-state index in [0.717, 1.165) is 12.3 Å². The van der Waals surface area contributed by atoms with Crippen molar-refractivity contribution in [1.29, 1.82) is 0 Å². The monoisotopic (exact) mass is 193 g/mol. The average Bonchev–Trinajstić information content (AvgIpc) is 2.20. The molecule has 80 valence electrons. The van der Waals surface area contributed by atoms with Gasteiger partial charge in [-0.1, -0.05) is 38.2 Å². The number of hydrogen-bond acceptors (Lipinski definition) is 1. The zero-order valence-corrected chi connectivity index (χ0v) is 9.63. The van der Waals surface area contributed by atoms with Crippen molar-refractivity contribution in [3.63, 3.8) is 0 Å². The smallest absolute Gasteiger partial charge is 0.0160 e. The first kappa shape index (κ1) is 11.5. The average molecular weight is 193 g/mol. The predicted octanol–water partition coefficient (Wildman–Crippen LogP) is 3.24. The summed E-state index contributed by atoms with van der Waals surface area (Å²) in [5, 5.41) is 0. The van der Waals surface area contributed by atoms with Crippen LogP contribution in [0.2, 0.25) is 0 Å². The van der Waals surface area contributed by atoms with Crippen molar-refractivity contribution in [2.24, 2.45) is 5.92 Å². The lowest BCUT2D eigenvalue weighted by atomic mass is 9.84. The SMILES string of the molecule is C=CC(=C)CC1C(CC)CCCN1C. The van der Waals surface area contributed by atoms with Gasteiger partial charge in [0, 0.05) is 6.04 Å². The minimum Gasteiger partial charge on any atom is -0.303 e. The lowest BCUT2D eigenvalue weighted by Crippen LogP contribution is -2.42. The topological polar surface area (TPSA) is 3.24 Å². The van der Waals surface area contributed by atoms with Crippen LogP contribution in [-0.2, 0) is 0 Å². The number of likely N-dealkylation sites (tertiary alicyclic amines) is 1. The van der Waals surface area contributed by atoms with E-state index in [4.69, 9.17) is 0 Å². The normalized spacial score (nSPS) is 28.7. The molecule has 2 unspecified atom stereocenters. The third-order valence-corrected chi connectivity index (χ3v) is 3.48. The maximum absolute atomic E-state index is 4.03. The molecule has 1 aliphatic heterocycles. The Morgan fingerprint density at radius 3 is 2.86 bits per heavy atom. The molecule has 1 heterocycles. The molecular weight excluding hydrogens is 170 g/mol. The van der Waals surface area contributed by atoms with Crippen molar-refractivity contribution < 1.29 is 0 Å². The Labute approximate surface area is 88.5 Å². The van der Waals surface area contributed by atoms with Gasteiger partial charge in [0.2, 0.25) is 0 Å². The van der Waals surface area contributed by atoms with E-state index < -0.39 is 0 Å². The van der Waals surface area contributed by atoms with Gasteiger partial charge in [-0.05, 0) is 38.8 Å². The quantitative estimate of drug-likeness (QED) is 0.620. The number of nitrogens with zero attached hydrogens (tertiary/aromatic N) is 1. The molecule has 0 aromatic carbocycles. The summed E-state index contributed by atoms with van der Waals surface area (Å²) in [6.07, 6.45) is 7.02. The molecule has 14 heavy (non-hydrogen) atoms. The highest BCUT2D eigenvalue weighted by Gasteiger charge is 2.27. The van der Waals surface area contributed by atoms with Crippen LogP contribution in [0.5, 0.6) is 0 Å². The number of allylic oxidation sites excluding steroid dienone is 1. The zero-order chi connectivity index (χ0) is 10.6. The highest BCUT2D eigenvalue weighted by atomic mass is 15.1. The molecule has 0 bridgehead atoms. The third kappa shape index (κ3) is 2.71. The van der Waals surface area contributed by atoms with Crippen LogP contribution < -0.4 is 0 Å². The summed E-state index contributed by atoms with van der Waals surface area (Å²) >= 11 is 0. The molecule has 0 aromatic heterocycles. The van der Waals surface area contributed by atoms with Crippen molar-refractivity contribution in [2.75, 3.05) is 13.6 Å². The van der Waals surface area contributed by atoms with Crippen LogP contribution in [0, 0.1) is 5.92 Å². The summed E-state index contributed by atoms with van der Waals surface area (Å²) in [7, 11) is 2.24. The standard InChI is InChI=1S/C13H23N/c1-5-11(3)10-13-12(6-2)8-7-9-14(13)4/h5,12-13H,1,3,6-10H2,2,4H3. The van der Waals surface area contributed by atoms with Gasteiger partial charge in [-0.2, -0.15) is 0 Å². The number of hydrogen-bond donors (Lipinski definition) is 0. The fourth-order valence-corrected chi connectivity index (χ4v) is 2.47. The van der Waals surface area contributed by atoms with Crippen LogP contribution >= 0.6 is 0 Å². The second kappa shape index (κ2) is 5.35.